The number of aromatic nitrogens is 3. The summed E-state index contributed by atoms with van der Waals surface area (Å²) >= 11 is 0. The van der Waals surface area contributed by atoms with Gasteiger partial charge in [0.25, 0.3) is 0 Å². The number of nitrogens with one attached hydrogen (secondary N) is 1. The SMILES string of the molecule is Cc1nc(-c2ccncc2)nc(NC2CCCC(S(C)(=O)=O)C2)c1C. The summed E-state index contributed by atoms with van der Waals surface area (Å²) in [6.45, 7) is 3.96. The number of hydrogen-bond acceptors (Lipinski definition) is 6. The molecule has 1 saturated carbocycles. The van der Waals surface area contributed by atoms with Crippen molar-refractivity contribution in [2.45, 2.75) is 50.8 Å². The Labute approximate surface area is 149 Å². The highest BCUT2D eigenvalue weighted by Crippen LogP contribution is 2.28. The second-order valence-corrected chi connectivity index (χ2v) is 9.13. The number of sulfone groups is 1. The molecule has 0 spiro atoms. The molecule has 1 aliphatic carbocycles. The molecule has 0 bridgehead atoms. The Hall–Kier alpha value is -2.02. The average molecular weight is 360 g/mol. The zero-order valence-electron chi connectivity index (χ0n) is 14.9. The summed E-state index contributed by atoms with van der Waals surface area (Å²) in [6.07, 6.45) is 8.03. The van der Waals surface area contributed by atoms with Gasteiger partial charge in [-0.05, 0) is 45.2 Å². The Morgan fingerprint density at radius 2 is 1.84 bits per heavy atom. The summed E-state index contributed by atoms with van der Waals surface area (Å²) in [5, 5.41) is 3.21. The molecule has 2 unspecified atom stereocenters. The predicted molar refractivity (Wildman–Crippen MR) is 99.2 cm³/mol. The molecular weight excluding hydrogens is 336 g/mol. The fourth-order valence-corrected chi connectivity index (χ4v) is 4.43. The molecule has 1 aliphatic rings. The highest BCUT2D eigenvalue weighted by atomic mass is 32.2. The first kappa shape index (κ1) is 17.8. The van der Waals surface area contributed by atoms with Gasteiger partial charge in [0, 0.05) is 41.5 Å². The molecule has 2 atom stereocenters. The fourth-order valence-electron chi connectivity index (χ4n) is 3.26. The molecule has 0 aliphatic heterocycles. The van der Waals surface area contributed by atoms with Crippen LogP contribution < -0.4 is 5.32 Å². The van der Waals surface area contributed by atoms with Gasteiger partial charge in [-0.25, -0.2) is 18.4 Å². The monoisotopic (exact) mass is 360 g/mol. The van der Waals surface area contributed by atoms with Gasteiger partial charge in [-0.2, -0.15) is 0 Å². The molecule has 25 heavy (non-hydrogen) atoms. The van der Waals surface area contributed by atoms with Crippen molar-refractivity contribution in [1.82, 2.24) is 15.0 Å². The highest BCUT2D eigenvalue weighted by molar-refractivity contribution is 7.91. The van der Waals surface area contributed by atoms with Gasteiger partial charge in [-0.1, -0.05) is 6.42 Å². The third-order valence-electron chi connectivity index (χ3n) is 4.90. The van der Waals surface area contributed by atoms with Crippen LogP contribution in [0.4, 0.5) is 5.82 Å². The van der Waals surface area contributed by atoms with Gasteiger partial charge in [-0.15, -0.1) is 0 Å². The molecule has 1 N–H and O–H groups in total. The summed E-state index contributed by atoms with van der Waals surface area (Å²) in [5.41, 5.74) is 2.83. The van der Waals surface area contributed by atoms with E-state index in [0.717, 1.165) is 41.9 Å². The Balaban J connectivity index is 1.86. The van der Waals surface area contributed by atoms with Crippen molar-refractivity contribution in [2.75, 3.05) is 11.6 Å². The second-order valence-electron chi connectivity index (χ2n) is 6.80. The van der Waals surface area contributed by atoms with Crippen molar-refractivity contribution in [3.63, 3.8) is 0 Å². The molecule has 0 amide bonds. The van der Waals surface area contributed by atoms with Crippen molar-refractivity contribution < 1.29 is 8.42 Å². The van der Waals surface area contributed by atoms with Gasteiger partial charge in [0.1, 0.15) is 15.7 Å². The number of nitrogens with zero attached hydrogens (tertiary/aromatic N) is 3. The molecule has 0 saturated heterocycles. The van der Waals surface area contributed by atoms with E-state index in [1.54, 1.807) is 12.4 Å². The van der Waals surface area contributed by atoms with Crippen LogP contribution in [-0.2, 0) is 9.84 Å². The molecule has 2 aromatic heterocycles. The van der Waals surface area contributed by atoms with Crippen molar-refractivity contribution in [3.05, 3.63) is 35.8 Å². The van der Waals surface area contributed by atoms with E-state index in [0.29, 0.717) is 12.2 Å². The van der Waals surface area contributed by atoms with E-state index in [4.69, 9.17) is 0 Å². The van der Waals surface area contributed by atoms with E-state index in [9.17, 15) is 8.42 Å². The zero-order chi connectivity index (χ0) is 18.0. The number of anilines is 1. The number of rotatable bonds is 4. The van der Waals surface area contributed by atoms with E-state index >= 15 is 0 Å². The Morgan fingerprint density at radius 3 is 2.52 bits per heavy atom. The van der Waals surface area contributed by atoms with E-state index in [1.165, 1.54) is 6.26 Å². The third-order valence-corrected chi connectivity index (χ3v) is 6.54. The van der Waals surface area contributed by atoms with Crippen LogP contribution >= 0.6 is 0 Å². The first-order valence-corrected chi connectivity index (χ1v) is 10.5. The maximum atomic E-state index is 11.9. The third kappa shape index (κ3) is 4.15. The Morgan fingerprint density at radius 1 is 1.12 bits per heavy atom. The largest absolute Gasteiger partial charge is 0.367 e. The van der Waals surface area contributed by atoms with E-state index < -0.39 is 9.84 Å². The molecule has 7 heteroatoms. The quantitative estimate of drug-likeness (QED) is 0.902. The van der Waals surface area contributed by atoms with E-state index in [-0.39, 0.29) is 11.3 Å². The van der Waals surface area contributed by atoms with Crippen LogP contribution in [0.2, 0.25) is 0 Å². The van der Waals surface area contributed by atoms with Crippen LogP contribution in [0, 0.1) is 13.8 Å². The zero-order valence-corrected chi connectivity index (χ0v) is 15.7. The van der Waals surface area contributed by atoms with Crippen molar-refractivity contribution in [2.24, 2.45) is 0 Å². The van der Waals surface area contributed by atoms with Gasteiger partial charge in [0.15, 0.2) is 5.82 Å². The van der Waals surface area contributed by atoms with Crippen LogP contribution in [0.5, 0.6) is 0 Å². The minimum absolute atomic E-state index is 0.117. The van der Waals surface area contributed by atoms with Gasteiger partial charge < -0.3 is 5.32 Å². The highest BCUT2D eigenvalue weighted by Gasteiger charge is 2.29. The van der Waals surface area contributed by atoms with E-state index in [1.807, 2.05) is 26.0 Å². The van der Waals surface area contributed by atoms with Gasteiger partial charge in [-0.3, -0.25) is 4.98 Å². The average Bonchev–Trinajstić information content (AvgIpc) is 2.59. The topological polar surface area (TPSA) is 84.8 Å². The smallest absolute Gasteiger partial charge is 0.161 e. The summed E-state index contributed by atoms with van der Waals surface area (Å²) < 4.78 is 23.8. The van der Waals surface area contributed by atoms with Crippen molar-refractivity contribution in [3.8, 4) is 11.4 Å². The minimum atomic E-state index is -3.00. The minimum Gasteiger partial charge on any atom is -0.367 e. The van der Waals surface area contributed by atoms with Crippen LogP contribution in [0.15, 0.2) is 24.5 Å². The van der Waals surface area contributed by atoms with Crippen molar-refractivity contribution >= 4 is 15.7 Å². The molecular formula is C18H24N4O2S. The molecule has 2 heterocycles. The molecule has 0 radical (unpaired) electrons. The number of hydrogen-bond donors (Lipinski definition) is 1. The van der Waals surface area contributed by atoms with Crippen LogP contribution in [-0.4, -0.2) is 40.9 Å². The van der Waals surface area contributed by atoms with Gasteiger partial charge in [0.2, 0.25) is 0 Å². The van der Waals surface area contributed by atoms with Gasteiger partial charge in [0.05, 0.1) is 5.25 Å². The molecule has 6 nitrogen and oxygen atoms in total. The second kappa shape index (κ2) is 7.07. The summed E-state index contributed by atoms with van der Waals surface area (Å²) in [6, 6.07) is 3.88. The lowest BCUT2D eigenvalue weighted by Gasteiger charge is -2.29. The van der Waals surface area contributed by atoms with Crippen LogP contribution in [0.3, 0.4) is 0 Å². The lowest BCUT2D eigenvalue weighted by atomic mass is 9.95. The molecule has 1 fully saturated rings. The number of pyridine rings is 1. The summed E-state index contributed by atoms with van der Waals surface area (Å²) in [5.74, 6) is 1.45. The number of aryl methyl sites for hydroxylation is 1. The van der Waals surface area contributed by atoms with Gasteiger partial charge >= 0.3 is 0 Å². The molecule has 134 valence electrons. The van der Waals surface area contributed by atoms with Crippen molar-refractivity contribution in [1.29, 1.82) is 0 Å². The van der Waals surface area contributed by atoms with Crippen LogP contribution in [0.1, 0.15) is 36.9 Å². The first-order valence-electron chi connectivity index (χ1n) is 8.55. The molecule has 2 aromatic rings. The maximum Gasteiger partial charge on any atom is 0.161 e. The summed E-state index contributed by atoms with van der Waals surface area (Å²) in [4.78, 5) is 13.3. The Kier molecular flexibility index (Phi) is 5.03. The molecule has 3 rings (SSSR count). The molecule has 0 aromatic carbocycles. The lowest BCUT2D eigenvalue weighted by molar-refractivity contribution is 0.452. The Bertz CT molecular complexity index is 853. The lowest BCUT2D eigenvalue weighted by Crippen LogP contribution is -2.34. The van der Waals surface area contributed by atoms with E-state index in [2.05, 4.69) is 20.3 Å². The fraction of sp³-hybridized carbons (Fsp3) is 0.500. The first-order chi connectivity index (χ1) is 11.8. The normalized spacial score (nSPS) is 21.1. The van der Waals surface area contributed by atoms with Crippen LogP contribution in [0.25, 0.3) is 11.4 Å². The summed E-state index contributed by atoms with van der Waals surface area (Å²) in [7, 11) is -3.00. The predicted octanol–water partition coefficient (Wildman–Crippen LogP) is 2.92. The maximum absolute atomic E-state index is 11.9. The standard InChI is InChI=1S/C18H24N4O2S/c1-12-13(2)20-18(14-7-9-19-10-8-14)22-17(12)21-15-5-4-6-16(11-15)25(3,23)24/h7-10,15-16H,4-6,11H2,1-3H3,(H,20,21,22).